The van der Waals surface area contributed by atoms with Crippen LogP contribution in [0.15, 0.2) is 88.7 Å². The molecule has 0 aliphatic carbocycles. The standard InChI is InChI=1S/C31H31ClN2O8S2/c1-2-22(19-31-34(15-7-17-44(38,39)40)27-21-25(32)11-13-29(27)42-31)18-30-33(14-6-16-43(35,36)37)26-20-24(10-12-28(26)41-30)23-8-4-3-5-9-23/h3-5,8-13,18-21H,2,6-7,14-17H2,1H3,(H-,35,36,37,38,39,40). The lowest BCUT2D eigenvalue weighted by molar-refractivity contribution is -0.677. The third-order valence-electron chi connectivity index (χ3n) is 7.12. The molecule has 0 saturated carbocycles. The first-order valence-electron chi connectivity index (χ1n) is 14.0. The normalized spacial score (nSPS) is 14.8. The fourth-order valence-corrected chi connectivity index (χ4v) is 6.17. The van der Waals surface area contributed by atoms with Crippen LogP contribution >= 0.6 is 11.6 Å². The molecule has 13 heteroatoms. The van der Waals surface area contributed by atoms with Crippen LogP contribution < -0.4 is 14.2 Å². The van der Waals surface area contributed by atoms with Gasteiger partial charge in [-0.05, 0) is 53.8 Å². The zero-order valence-corrected chi connectivity index (χ0v) is 26.2. The van der Waals surface area contributed by atoms with Gasteiger partial charge in [-0.1, -0.05) is 54.9 Å². The number of oxazole rings is 1. The van der Waals surface area contributed by atoms with E-state index < -0.39 is 31.7 Å². The average molecular weight is 659 g/mol. The Morgan fingerprint density at radius 3 is 2.48 bits per heavy atom. The number of allylic oxidation sites excluding steroid dienone is 2. The first-order chi connectivity index (χ1) is 20.9. The third-order valence-corrected chi connectivity index (χ3v) is 8.94. The maximum atomic E-state index is 11.5. The molecule has 10 nitrogen and oxygen atoms in total. The summed E-state index contributed by atoms with van der Waals surface area (Å²) in [5.41, 5.74) is 4.79. The van der Waals surface area contributed by atoms with Crippen LogP contribution in [0.4, 0.5) is 5.69 Å². The van der Waals surface area contributed by atoms with E-state index in [-0.39, 0.29) is 25.9 Å². The second kappa shape index (κ2) is 13.1. The summed E-state index contributed by atoms with van der Waals surface area (Å²) in [6.07, 6.45) is 4.45. The minimum absolute atomic E-state index is 0.0880. The van der Waals surface area contributed by atoms with Crippen molar-refractivity contribution in [2.45, 2.75) is 32.7 Å². The number of rotatable bonds is 12. The number of aromatic nitrogens is 1. The molecule has 2 heterocycles. The first-order valence-corrected chi connectivity index (χ1v) is 17.5. The van der Waals surface area contributed by atoms with Gasteiger partial charge in [0.1, 0.15) is 0 Å². The lowest BCUT2D eigenvalue weighted by Gasteiger charge is -2.19. The van der Waals surface area contributed by atoms with E-state index in [9.17, 15) is 25.9 Å². The predicted molar refractivity (Wildman–Crippen MR) is 168 cm³/mol. The number of nitrogens with zero attached hydrogens (tertiary/aromatic N) is 2. The third kappa shape index (κ3) is 7.88. The molecule has 1 N–H and O–H groups in total. The van der Waals surface area contributed by atoms with E-state index in [1.165, 1.54) is 0 Å². The highest BCUT2D eigenvalue weighted by molar-refractivity contribution is 7.85. The van der Waals surface area contributed by atoms with Crippen molar-refractivity contribution in [1.82, 2.24) is 0 Å². The largest absolute Gasteiger partial charge is 0.748 e. The fraction of sp³-hybridized carbons (Fsp3) is 0.258. The number of hydrogen-bond acceptors (Lipinski definition) is 8. The summed E-state index contributed by atoms with van der Waals surface area (Å²) in [4.78, 5) is 1.78. The minimum atomic E-state index is -4.39. The number of benzene rings is 3. The Balaban J connectivity index is 1.54. The Kier molecular flexibility index (Phi) is 9.47. The summed E-state index contributed by atoms with van der Waals surface area (Å²) in [6.45, 7) is 2.43. The Labute approximate surface area is 261 Å². The Morgan fingerprint density at radius 1 is 1.00 bits per heavy atom. The van der Waals surface area contributed by atoms with E-state index in [1.54, 1.807) is 23.1 Å². The van der Waals surface area contributed by atoms with Gasteiger partial charge in [0.05, 0.1) is 27.6 Å². The molecule has 232 valence electrons. The van der Waals surface area contributed by atoms with E-state index in [4.69, 9.17) is 20.8 Å². The Morgan fingerprint density at radius 2 is 1.77 bits per heavy atom. The van der Waals surface area contributed by atoms with Crippen LogP contribution in [0.2, 0.25) is 5.02 Å². The van der Waals surface area contributed by atoms with Crippen molar-refractivity contribution in [1.29, 1.82) is 0 Å². The van der Waals surface area contributed by atoms with Crippen LogP contribution in [0.5, 0.6) is 5.75 Å². The van der Waals surface area contributed by atoms with Crippen molar-refractivity contribution >= 4 is 54.7 Å². The fourth-order valence-electron chi connectivity index (χ4n) is 5.03. The molecule has 0 bridgehead atoms. The van der Waals surface area contributed by atoms with Crippen molar-refractivity contribution < 1.29 is 39.7 Å². The molecule has 0 amide bonds. The van der Waals surface area contributed by atoms with Gasteiger partial charge in [0.25, 0.3) is 15.6 Å². The molecule has 0 spiro atoms. The molecule has 5 rings (SSSR count). The van der Waals surface area contributed by atoms with Gasteiger partial charge in [-0.25, -0.2) is 8.42 Å². The molecule has 1 aliphatic heterocycles. The first kappa shape index (κ1) is 31.7. The monoisotopic (exact) mass is 658 g/mol. The summed E-state index contributed by atoms with van der Waals surface area (Å²) in [7, 11) is -8.53. The molecular weight excluding hydrogens is 628 g/mol. The smallest absolute Gasteiger partial charge is 0.374 e. The molecule has 0 unspecified atom stereocenters. The highest BCUT2D eigenvalue weighted by atomic mass is 35.5. The molecule has 1 aromatic heterocycles. The SMILES string of the molecule is CCC(=C/c1oc2ccc(-c3ccccc3)cc2[n+]1CCCS(=O)(=O)O)/C=C1\Oc2ccc(Cl)cc2N1CCCS(=O)(=O)[O-]. The van der Waals surface area contributed by atoms with Crippen LogP contribution in [0.25, 0.3) is 28.3 Å². The summed E-state index contributed by atoms with van der Waals surface area (Å²) in [5.74, 6) is 0.521. The average Bonchev–Trinajstić information content (AvgIpc) is 3.48. The van der Waals surface area contributed by atoms with E-state index in [1.807, 2.05) is 72.2 Å². The van der Waals surface area contributed by atoms with Crippen LogP contribution in [-0.4, -0.2) is 44.0 Å². The van der Waals surface area contributed by atoms with Gasteiger partial charge in [-0.15, -0.1) is 0 Å². The van der Waals surface area contributed by atoms with E-state index in [2.05, 4.69) is 0 Å². The van der Waals surface area contributed by atoms with Gasteiger partial charge in [0, 0.05) is 35.9 Å². The highest BCUT2D eigenvalue weighted by Crippen LogP contribution is 2.41. The van der Waals surface area contributed by atoms with Gasteiger partial charge in [0.2, 0.25) is 11.5 Å². The second-order valence-electron chi connectivity index (χ2n) is 10.3. The second-order valence-corrected chi connectivity index (χ2v) is 13.8. The number of ether oxygens (including phenoxy) is 1. The number of hydrogen-bond donors (Lipinski definition) is 1. The Hall–Kier alpha value is -3.68. The van der Waals surface area contributed by atoms with Gasteiger partial charge < -0.3 is 18.6 Å². The van der Waals surface area contributed by atoms with Crippen molar-refractivity contribution in [2.75, 3.05) is 23.0 Å². The summed E-state index contributed by atoms with van der Waals surface area (Å²) in [5, 5.41) is 0.476. The van der Waals surface area contributed by atoms with E-state index >= 15 is 0 Å². The summed E-state index contributed by atoms with van der Waals surface area (Å²) in [6, 6.07) is 20.8. The van der Waals surface area contributed by atoms with Crippen LogP contribution in [0, 0.1) is 0 Å². The van der Waals surface area contributed by atoms with Crippen LogP contribution in [0.1, 0.15) is 32.1 Å². The number of aryl methyl sites for hydroxylation is 1. The molecule has 0 fully saturated rings. The Bertz CT molecular complexity index is 1950. The van der Waals surface area contributed by atoms with Crippen molar-refractivity contribution in [3.63, 3.8) is 0 Å². The maximum absolute atomic E-state index is 11.5. The molecule has 44 heavy (non-hydrogen) atoms. The minimum Gasteiger partial charge on any atom is -0.748 e. The molecule has 3 aromatic carbocycles. The number of fused-ring (bicyclic) bond motifs is 2. The number of halogens is 1. The van der Waals surface area contributed by atoms with Crippen LogP contribution in [0.3, 0.4) is 0 Å². The van der Waals surface area contributed by atoms with Crippen LogP contribution in [-0.2, 0) is 26.8 Å². The van der Waals surface area contributed by atoms with Gasteiger partial charge in [-0.3, -0.25) is 4.55 Å². The van der Waals surface area contributed by atoms with Gasteiger partial charge >= 0.3 is 5.89 Å². The van der Waals surface area contributed by atoms with Gasteiger partial charge in [-0.2, -0.15) is 13.0 Å². The zero-order valence-electron chi connectivity index (χ0n) is 23.8. The molecular formula is C31H31ClN2O8S2. The van der Waals surface area contributed by atoms with Crippen molar-refractivity contribution in [2.24, 2.45) is 0 Å². The maximum Gasteiger partial charge on any atom is 0.374 e. The van der Waals surface area contributed by atoms with E-state index in [0.29, 0.717) is 40.2 Å². The molecule has 0 atom stereocenters. The van der Waals surface area contributed by atoms with Crippen molar-refractivity contribution in [3.05, 3.63) is 95.2 Å². The van der Waals surface area contributed by atoms with Gasteiger partial charge in [0.15, 0.2) is 12.3 Å². The lowest BCUT2D eigenvalue weighted by Crippen LogP contribution is -2.36. The van der Waals surface area contributed by atoms with E-state index in [0.717, 1.165) is 22.2 Å². The summed E-state index contributed by atoms with van der Waals surface area (Å²) >= 11 is 6.23. The summed E-state index contributed by atoms with van der Waals surface area (Å²) < 4.78 is 80.2. The quantitative estimate of drug-likeness (QED) is 0.148. The lowest BCUT2D eigenvalue weighted by atomic mass is 10.1. The highest BCUT2D eigenvalue weighted by Gasteiger charge is 2.28. The predicted octanol–water partition coefficient (Wildman–Crippen LogP) is 5.79. The molecule has 0 radical (unpaired) electrons. The number of anilines is 1. The molecule has 4 aromatic rings. The topological polar surface area (TPSA) is 141 Å². The molecule has 1 aliphatic rings. The zero-order chi connectivity index (χ0) is 31.5. The van der Waals surface area contributed by atoms with Crippen molar-refractivity contribution in [3.8, 4) is 16.9 Å². The molecule has 0 saturated heterocycles.